The Morgan fingerprint density at radius 1 is 1.03 bits per heavy atom. The molecule has 1 N–H and O–H groups in total. The van der Waals surface area contributed by atoms with E-state index in [0.29, 0.717) is 50.1 Å². The fraction of sp³-hybridized carbons (Fsp3) is 0.407. The van der Waals surface area contributed by atoms with Crippen LogP contribution in [0.1, 0.15) is 31.0 Å². The summed E-state index contributed by atoms with van der Waals surface area (Å²) in [6.45, 7) is 8.69. The van der Waals surface area contributed by atoms with Crippen LogP contribution in [0.5, 0.6) is 5.75 Å². The van der Waals surface area contributed by atoms with E-state index in [-0.39, 0.29) is 11.3 Å². The van der Waals surface area contributed by atoms with Gasteiger partial charge in [-0.15, -0.1) is 0 Å². The zero-order chi connectivity index (χ0) is 24.1. The van der Waals surface area contributed by atoms with Gasteiger partial charge in [-0.3, -0.25) is 14.5 Å². The summed E-state index contributed by atoms with van der Waals surface area (Å²) < 4.78 is 11.1. The molecule has 4 rings (SSSR count). The van der Waals surface area contributed by atoms with Gasteiger partial charge in [0.2, 0.25) is 0 Å². The van der Waals surface area contributed by atoms with Gasteiger partial charge >= 0.3 is 0 Å². The Balaban J connectivity index is 1.64. The summed E-state index contributed by atoms with van der Waals surface area (Å²) in [5, 5.41) is 11.2. The number of likely N-dealkylation sites (tertiary alicyclic amines) is 1. The molecule has 2 aliphatic rings. The van der Waals surface area contributed by atoms with Crippen molar-refractivity contribution >= 4 is 17.4 Å². The molecule has 34 heavy (non-hydrogen) atoms. The summed E-state index contributed by atoms with van der Waals surface area (Å²) in [4.78, 5) is 30.0. The van der Waals surface area contributed by atoms with Crippen molar-refractivity contribution in [2.45, 2.75) is 19.9 Å². The lowest BCUT2D eigenvalue weighted by atomic mass is 9.95. The van der Waals surface area contributed by atoms with Gasteiger partial charge < -0.3 is 19.5 Å². The number of benzene rings is 2. The predicted octanol–water partition coefficient (Wildman–Crippen LogP) is 3.48. The molecule has 2 heterocycles. The number of rotatable bonds is 8. The van der Waals surface area contributed by atoms with Gasteiger partial charge in [-0.1, -0.05) is 44.2 Å². The maximum Gasteiger partial charge on any atom is 0.295 e. The van der Waals surface area contributed by atoms with Gasteiger partial charge in [0, 0.05) is 31.7 Å². The van der Waals surface area contributed by atoms with Crippen LogP contribution in [-0.4, -0.2) is 72.6 Å². The lowest BCUT2D eigenvalue weighted by molar-refractivity contribution is -0.140. The molecule has 0 spiro atoms. The summed E-state index contributed by atoms with van der Waals surface area (Å²) in [6.07, 6.45) is 0. The number of ketones is 1. The van der Waals surface area contributed by atoms with E-state index >= 15 is 0 Å². The van der Waals surface area contributed by atoms with E-state index in [1.165, 1.54) is 0 Å². The molecule has 7 nitrogen and oxygen atoms in total. The summed E-state index contributed by atoms with van der Waals surface area (Å²) in [5.41, 5.74) is 1.39. The normalized spacial score (nSPS) is 20.8. The molecule has 0 unspecified atom stereocenters. The second-order valence-corrected chi connectivity index (χ2v) is 9.09. The quantitative estimate of drug-likeness (QED) is 0.366. The van der Waals surface area contributed by atoms with Crippen molar-refractivity contribution in [2.75, 3.05) is 46.0 Å². The first kappa shape index (κ1) is 24.0. The third-order valence-electron chi connectivity index (χ3n) is 6.13. The molecule has 1 amide bonds. The van der Waals surface area contributed by atoms with Crippen LogP contribution in [0.25, 0.3) is 5.76 Å². The molecule has 0 saturated carbocycles. The number of aliphatic hydroxyl groups excluding tert-OH is 1. The fourth-order valence-electron chi connectivity index (χ4n) is 4.29. The predicted molar refractivity (Wildman–Crippen MR) is 129 cm³/mol. The third-order valence-corrected chi connectivity index (χ3v) is 6.13. The third kappa shape index (κ3) is 5.32. The minimum atomic E-state index is -0.659. The number of ether oxygens (including phenoxy) is 2. The van der Waals surface area contributed by atoms with Crippen LogP contribution in [0.2, 0.25) is 0 Å². The van der Waals surface area contributed by atoms with Crippen molar-refractivity contribution < 1.29 is 24.2 Å². The first-order valence-electron chi connectivity index (χ1n) is 11.8. The Labute approximate surface area is 200 Å². The van der Waals surface area contributed by atoms with E-state index in [9.17, 15) is 14.7 Å². The molecule has 2 aromatic rings. The average molecular weight is 465 g/mol. The van der Waals surface area contributed by atoms with Crippen molar-refractivity contribution in [3.63, 3.8) is 0 Å². The van der Waals surface area contributed by atoms with Crippen LogP contribution < -0.4 is 4.74 Å². The number of morpholine rings is 1. The van der Waals surface area contributed by atoms with Gasteiger partial charge in [0.25, 0.3) is 11.7 Å². The van der Waals surface area contributed by atoms with Gasteiger partial charge in [0.1, 0.15) is 11.5 Å². The minimum Gasteiger partial charge on any atom is -0.507 e. The van der Waals surface area contributed by atoms with Crippen LogP contribution in [0.3, 0.4) is 0 Å². The molecule has 2 fully saturated rings. The number of carbonyl (C=O) groups excluding carboxylic acids is 2. The lowest BCUT2D eigenvalue weighted by Crippen LogP contribution is -2.42. The van der Waals surface area contributed by atoms with E-state index in [1.54, 1.807) is 29.2 Å². The molecule has 0 bridgehead atoms. The topological polar surface area (TPSA) is 79.3 Å². The van der Waals surface area contributed by atoms with Crippen LogP contribution in [0.4, 0.5) is 0 Å². The van der Waals surface area contributed by atoms with E-state index in [4.69, 9.17) is 9.47 Å². The maximum atomic E-state index is 13.1. The van der Waals surface area contributed by atoms with Gasteiger partial charge in [0.15, 0.2) is 0 Å². The number of Topliss-reactive ketones (excluding diaryl/α,β-unsaturated/α-hetero) is 1. The first-order chi connectivity index (χ1) is 16.5. The number of hydrogen-bond acceptors (Lipinski definition) is 6. The Morgan fingerprint density at radius 2 is 1.71 bits per heavy atom. The first-order valence-corrected chi connectivity index (χ1v) is 11.8. The monoisotopic (exact) mass is 464 g/mol. The summed E-state index contributed by atoms with van der Waals surface area (Å²) >= 11 is 0. The molecular weight excluding hydrogens is 432 g/mol. The fourth-order valence-corrected chi connectivity index (χ4v) is 4.29. The highest BCUT2D eigenvalue weighted by Gasteiger charge is 2.45. The Hall–Kier alpha value is -3.16. The van der Waals surface area contributed by atoms with Crippen LogP contribution in [-0.2, 0) is 14.3 Å². The number of nitrogens with zero attached hydrogens (tertiary/aromatic N) is 2. The van der Waals surface area contributed by atoms with Gasteiger partial charge in [-0.2, -0.15) is 0 Å². The largest absolute Gasteiger partial charge is 0.507 e. The summed E-state index contributed by atoms with van der Waals surface area (Å²) in [7, 11) is 0. The lowest BCUT2D eigenvalue weighted by Gasteiger charge is -2.31. The molecule has 1 atom stereocenters. The van der Waals surface area contributed by atoms with Crippen LogP contribution in [0.15, 0.2) is 60.2 Å². The highest BCUT2D eigenvalue weighted by molar-refractivity contribution is 6.46. The molecular formula is C27H32N2O5. The minimum absolute atomic E-state index is 0.119. The highest BCUT2D eigenvalue weighted by atomic mass is 16.5. The number of aliphatic hydroxyl groups is 1. The zero-order valence-electron chi connectivity index (χ0n) is 19.8. The second-order valence-electron chi connectivity index (χ2n) is 9.09. The SMILES string of the molecule is CC(C)COc1ccc(C(O)=C2C(=O)C(=O)N(CCN3CCOCC3)[C@@H]2c2ccccc2)cc1. The Kier molecular flexibility index (Phi) is 7.65. The number of carbonyl (C=O) groups is 2. The molecule has 2 aromatic carbocycles. The Morgan fingerprint density at radius 3 is 2.35 bits per heavy atom. The van der Waals surface area contributed by atoms with Gasteiger partial charge in [0.05, 0.1) is 31.4 Å². The van der Waals surface area contributed by atoms with E-state index in [2.05, 4.69) is 18.7 Å². The van der Waals surface area contributed by atoms with Crippen LogP contribution in [0, 0.1) is 5.92 Å². The molecule has 2 saturated heterocycles. The average Bonchev–Trinajstić information content (AvgIpc) is 3.12. The zero-order valence-corrected chi connectivity index (χ0v) is 19.8. The van der Waals surface area contributed by atoms with E-state index in [1.807, 2.05) is 30.3 Å². The van der Waals surface area contributed by atoms with Crippen molar-refractivity contribution in [1.29, 1.82) is 0 Å². The number of amides is 1. The smallest absolute Gasteiger partial charge is 0.295 e. The highest BCUT2D eigenvalue weighted by Crippen LogP contribution is 2.39. The molecule has 180 valence electrons. The number of hydrogen-bond donors (Lipinski definition) is 1. The van der Waals surface area contributed by atoms with E-state index in [0.717, 1.165) is 18.7 Å². The van der Waals surface area contributed by atoms with Crippen molar-refractivity contribution in [2.24, 2.45) is 5.92 Å². The summed E-state index contributed by atoms with van der Waals surface area (Å²) in [5.74, 6) is -0.325. The molecule has 0 aliphatic carbocycles. The van der Waals surface area contributed by atoms with Crippen molar-refractivity contribution in [3.05, 3.63) is 71.3 Å². The molecule has 7 heteroatoms. The van der Waals surface area contributed by atoms with Crippen LogP contribution >= 0.6 is 0 Å². The summed E-state index contributed by atoms with van der Waals surface area (Å²) in [6, 6.07) is 15.7. The van der Waals surface area contributed by atoms with Gasteiger partial charge in [-0.25, -0.2) is 0 Å². The van der Waals surface area contributed by atoms with Gasteiger partial charge in [-0.05, 0) is 35.7 Å². The van der Waals surface area contributed by atoms with Crippen molar-refractivity contribution in [3.8, 4) is 5.75 Å². The molecule has 2 aliphatic heterocycles. The van der Waals surface area contributed by atoms with Crippen molar-refractivity contribution in [1.82, 2.24) is 9.80 Å². The standard InChI is InChI=1S/C27H32N2O5/c1-19(2)18-34-22-10-8-21(9-11-22)25(30)23-24(20-6-4-3-5-7-20)29(27(32)26(23)31)13-12-28-14-16-33-17-15-28/h3-11,19,24,30H,12-18H2,1-2H3/t24-/m1/s1. The maximum absolute atomic E-state index is 13.1. The van der Waals surface area contributed by atoms with E-state index < -0.39 is 17.7 Å². The second kappa shape index (κ2) is 10.8. The molecule has 0 radical (unpaired) electrons. The molecule has 0 aromatic heterocycles. The Bertz CT molecular complexity index is 1030.